The number of halogens is 1. The molecule has 11 heteroatoms. The number of nitro groups is 1. The van der Waals surface area contributed by atoms with Gasteiger partial charge in [0.05, 0.1) is 21.6 Å². The summed E-state index contributed by atoms with van der Waals surface area (Å²) < 4.78 is 13.5. The van der Waals surface area contributed by atoms with Gasteiger partial charge in [-0.2, -0.15) is 0 Å². The lowest BCUT2D eigenvalue weighted by Gasteiger charge is -2.13. The number of benzene rings is 2. The molecular formula is C19H15FN4O6. The van der Waals surface area contributed by atoms with Gasteiger partial charge < -0.3 is 10.6 Å². The van der Waals surface area contributed by atoms with Gasteiger partial charge in [0, 0.05) is 25.2 Å². The molecular weight excluding hydrogens is 399 g/mol. The number of hydrogen-bond acceptors (Lipinski definition) is 6. The third-order valence-corrected chi connectivity index (χ3v) is 4.32. The van der Waals surface area contributed by atoms with Crippen LogP contribution in [0, 0.1) is 15.9 Å². The molecule has 0 atom stereocenters. The van der Waals surface area contributed by atoms with Crippen LogP contribution in [0.3, 0.4) is 0 Å². The zero-order valence-electron chi connectivity index (χ0n) is 15.4. The van der Waals surface area contributed by atoms with Crippen LogP contribution in [0.2, 0.25) is 0 Å². The minimum atomic E-state index is -0.804. The molecule has 0 spiro atoms. The van der Waals surface area contributed by atoms with E-state index in [4.69, 9.17) is 0 Å². The molecule has 0 radical (unpaired) electrons. The van der Waals surface area contributed by atoms with Crippen molar-refractivity contribution in [1.82, 2.24) is 15.5 Å². The highest BCUT2D eigenvalue weighted by Gasteiger charge is 2.37. The van der Waals surface area contributed by atoms with Gasteiger partial charge in [0.25, 0.3) is 23.4 Å². The highest BCUT2D eigenvalue weighted by atomic mass is 19.1. The van der Waals surface area contributed by atoms with Gasteiger partial charge in [0.1, 0.15) is 12.4 Å². The molecule has 4 amide bonds. The summed E-state index contributed by atoms with van der Waals surface area (Å²) in [4.78, 5) is 59.4. The van der Waals surface area contributed by atoms with Crippen LogP contribution in [0.15, 0.2) is 42.5 Å². The molecule has 0 aromatic heterocycles. The van der Waals surface area contributed by atoms with Crippen molar-refractivity contribution in [3.63, 3.8) is 0 Å². The number of rotatable bonds is 7. The van der Waals surface area contributed by atoms with E-state index < -0.39 is 40.9 Å². The summed E-state index contributed by atoms with van der Waals surface area (Å²) in [7, 11) is 0. The van der Waals surface area contributed by atoms with Crippen molar-refractivity contribution in [3.05, 3.63) is 75.1 Å². The van der Waals surface area contributed by atoms with Crippen molar-refractivity contribution in [2.24, 2.45) is 0 Å². The fourth-order valence-corrected chi connectivity index (χ4v) is 2.85. The number of nitrogens with zero attached hydrogens (tertiary/aromatic N) is 2. The molecule has 1 aliphatic rings. The quantitative estimate of drug-likeness (QED) is 0.298. The van der Waals surface area contributed by atoms with Crippen LogP contribution in [0.4, 0.5) is 10.1 Å². The average Bonchev–Trinajstić information content (AvgIpc) is 2.95. The number of hydrogen-bond donors (Lipinski definition) is 2. The molecule has 30 heavy (non-hydrogen) atoms. The van der Waals surface area contributed by atoms with Crippen molar-refractivity contribution in [3.8, 4) is 0 Å². The number of carbonyl (C=O) groups is 4. The maximum atomic E-state index is 13.5. The first-order valence-electron chi connectivity index (χ1n) is 8.73. The van der Waals surface area contributed by atoms with E-state index in [-0.39, 0.29) is 35.5 Å². The number of carbonyl (C=O) groups excluding carboxylic acids is 4. The Morgan fingerprint density at radius 3 is 2.37 bits per heavy atom. The monoisotopic (exact) mass is 414 g/mol. The summed E-state index contributed by atoms with van der Waals surface area (Å²) in [5.74, 6) is -3.53. The minimum Gasteiger partial charge on any atom is -0.353 e. The summed E-state index contributed by atoms with van der Waals surface area (Å²) in [6, 6.07) is 8.69. The molecule has 1 heterocycles. The van der Waals surface area contributed by atoms with E-state index in [1.807, 2.05) is 0 Å². The topological polar surface area (TPSA) is 139 Å². The largest absolute Gasteiger partial charge is 0.353 e. The highest BCUT2D eigenvalue weighted by Crippen LogP contribution is 2.26. The van der Waals surface area contributed by atoms with Gasteiger partial charge in [-0.05, 0) is 18.2 Å². The predicted octanol–water partition coefficient (Wildman–Crippen LogP) is 0.876. The number of imide groups is 1. The number of nitro benzene ring substituents is 1. The van der Waals surface area contributed by atoms with Crippen LogP contribution in [-0.4, -0.2) is 53.1 Å². The molecule has 2 aromatic carbocycles. The third kappa shape index (κ3) is 4.14. The first-order chi connectivity index (χ1) is 14.3. The molecule has 0 saturated heterocycles. The maximum absolute atomic E-state index is 13.5. The van der Waals surface area contributed by atoms with E-state index in [0.29, 0.717) is 4.90 Å². The summed E-state index contributed by atoms with van der Waals surface area (Å²) in [6.07, 6.45) is 0. The van der Waals surface area contributed by atoms with Gasteiger partial charge in [0.2, 0.25) is 5.91 Å². The van der Waals surface area contributed by atoms with Crippen LogP contribution in [0.25, 0.3) is 0 Å². The standard InChI is InChI=1S/C19H15FN4O6/c20-15-4-2-1-3-13(15)17(26)22-8-7-21-16(25)10-23-18(27)12-6-5-11(24(29)30)9-14(12)19(23)28/h1-6,9H,7-8,10H2,(H,21,25)(H,22,26). The number of amides is 4. The normalized spacial score (nSPS) is 12.5. The fraction of sp³-hybridized carbons (Fsp3) is 0.158. The van der Waals surface area contributed by atoms with Crippen molar-refractivity contribution >= 4 is 29.3 Å². The molecule has 154 valence electrons. The summed E-state index contributed by atoms with van der Waals surface area (Å²) in [5, 5.41) is 15.7. The Labute approximate surface area is 168 Å². The molecule has 0 fully saturated rings. The highest BCUT2D eigenvalue weighted by molar-refractivity contribution is 6.22. The zero-order valence-corrected chi connectivity index (χ0v) is 15.4. The lowest BCUT2D eigenvalue weighted by molar-refractivity contribution is -0.384. The number of nitrogens with one attached hydrogen (secondary N) is 2. The fourth-order valence-electron chi connectivity index (χ4n) is 2.85. The Morgan fingerprint density at radius 2 is 1.67 bits per heavy atom. The van der Waals surface area contributed by atoms with Crippen LogP contribution < -0.4 is 10.6 Å². The van der Waals surface area contributed by atoms with E-state index in [1.54, 1.807) is 0 Å². The van der Waals surface area contributed by atoms with Gasteiger partial charge in [0.15, 0.2) is 0 Å². The van der Waals surface area contributed by atoms with E-state index in [2.05, 4.69) is 10.6 Å². The van der Waals surface area contributed by atoms with E-state index in [1.165, 1.54) is 24.3 Å². The Hall–Kier alpha value is -4.15. The Balaban J connectivity index is 1.51. The average molecular weight is 414 g/mol. The van der Waals surface area contributed by atoms with Gasteiger partial charge in [-0.1, -0.05) is 12.1 Å². The Morgan fingerprint density at radius 1 is 1.00 bits per heavy atom. The lowest BCUT2D eigenvalue weighted by atomic mass is 10.1. The van der Waals surface area contributed by atoms with E-state index in [9.17, 15) is 33.7 Å². The second-order valence-electron chi connectivity index (χ2n) is 6.27. The smallest absolute Gasteiger partial charge is 0.270 e. The summed E-state index contributed by atoms with van der Waals surface area (Å²) >= 11 is 0. The second kappa shape index (κ2) is 8.47. The number of non-ortho nitro benzene ring substituents is 1. The SMILES string of the molecule is O=C(CN1C(=O)c2ccc([N+](=O)[O-])cc2C1=O)NCCNC(=O)c1ccccc1F. The molecule has 2 N–H and O–H groups in total. The van der Waals surface area contributed by atoms with E-state index in [0.717, 1.165) is 18.2 Å². The summed E-state index contributed by atoms with van der Waals surface area (Å²) in [6.45, 7) is -0.609. The first kappa shape index (κ1) is 20.6. The first-order valence-corrected chi connectivity index (χ1v) is 8.73. The minimum absolute atomic E-state index is 0.00673. The van der Waals surface area contributed by atoms with Crippen LogP contribution in [0.5, 0.6) is 0 Å². The van der Waals surface area contributed by atoms with Crippen LogP contribution in [-0.2, 0) is 4.79 Å². The van der Waals surface area contributed by atoms with Crippen LogP contribution >= 0.6 is 0 Å². The second-order valence-corrected chi connectivity index (χ2v) is 6.27. The molecule has 0 bridgehead atoms. The molecule has 0 aliphatic carbocycles. The van der Waals surface area contributed by atoms with Crippen molar-refractivity contribution in [1.29, 1.82) is 0 Å². The molecule has 3 rings (SSSR count). The molecule has 2 aromatic rings. The lowest BCUT2D eigenvalue weighted by Crippen LogP contribution is -2.42. The molecule has 0 unspecified atom stereocenters. The van der Waals surface area contributed by atoms with E-state index >= 15 is 0 Å². The van der Waals surface area contributed by atoms with Gasteiger partial charge >= 0.3 is 0 Å². The summed E-state index contributed by atoms with van der Waals surface area (Å²) in [5.41, 5.74) is -0.634. The van der Waals surface area contributed by atoms with Crippen molar-refractivity contribution < 1.29 is 28.5 Å². The molecule has 0 saturated carbocycles. The zero-order chi connectivity index (χ0) is 21.8. The molecule has 1 aliphatic heterocycles. The maximum Gasteiger partial charge on any atom is 0.270 e. The van der Waals surface area contributed by atoms with Gasteiger partial charge in [-0.3, -0.25) is 34.2 Å². The van der Waals surface area contributed by atoms with Crippen molar-refractivity contribution in [2.75, 3.05) is 19.6 Å². The number of fused-ring (bicyclic) bond motifs is 1. The third-order valence-electron chi connectivity index (χ3n) is 4.32. The Bertz CT molecular complexity index is 1070. The predicted molar refractivity (Wildman–Crippen MR) is 100 cm³/mol. The van der Waals surface area contributed by atoms with Crippen LogP contribution in [0.1, 0.15) is 31.1 Å². The Kier molecular flexibility index (Phi) is 5.81. The van der Waals surface area contributed by atoms with Crippen molar-refractivity contribution in [2.45, 2.75) is 0 Å². The van der Waals surface area contributed by atoms with Gasteiger partial charge in [-0.15, -0.1) is 0 Å². The molecule has 10 nitrogen and oxygen atoms in total. The van der Waals surface area contributed by atoms with Gasteiger partial charge in [-0.25, -0.2) is 4.39 Å².